The molecule has 0 spiro atoms. The van der Waals surface area contributed by atoms with Crippen molar-refractivity contribution in [3.8, 4) is 6.07 Å². The van der Waals surface area contributed by atoms with Crippen LogP contribution in [0.3, 0.4) is 0 Å². The minimum atomic E-state index is -0.787. The molecule has 0 radical (unpaired) electrons. The van der Waals surface area contributed by atoms with Crippen molar-refractivity contribution in [2.24, 2.45) is 5.92 Å². The molecule has 5 nitrogen and oxygen atoms in total. The van der Waals surface area contributed by atoms with Crippen molar-refractivity contribution in [3.05, 3.63) is 35.4 Å². The lowest BCUT2D eigenvalue weighted by molar-refractivity contribution is -0.137. The highest BCUT2D eigenvalue weighted by Crippen LogP contribution is 2.22. The summed E-state index contributed by atoms with van der Waals surface area (Å²) in [5, 5.41) is 17.5. The first-order valence-electron chi connectivity index (χ1n) is 7.11. The van der Waals surface area contributed by atoms with Gasteiger partial charge in [0.05, 0.1) is 11.6 Å². The van der Waals surface area contributed by atoms with Gasteiger partial charge in [-0.05, 0) is 49.4 Å². The van der Waals surface area contributed by atoms with Gasteiger partial charge in [0.25, 0.3) is 5.91 Å². The summed E-state index contributed by atoms with van der Waals surface area (Å²) < 4.78 is 0. The number of carboxylic acid groups (broad SMARTS) is 1. The first kappa shape index (κ1) is 15.0. The molecule has 1 amide bonds. The van der Waals surface area contributed by atoms with Crippen LogP contribution in [-0.2, 0) is 4.79 Å². The van der Waals surface area contributed by atoms with Gasteiger partial charge in [0.1, 0.15) is 0 Å². The molecule has 1 aliphatic heterocycles. The zero-order valence-electron chi connectivity index (χ0n) is 11.8. The van der Waals surface area contributed by atoms with Gasteiger partial charge in [0.2, 0.25) is 0 Å². The third kappa shape index (κ3) is 4.06. The fraction of sp³-hybridized carbons (Fsp3) is 0.438. The van der Waals surface area contributed by atoms with Crippen LogP contribution in [-0.4, -0.2) is 35.0 Å². The molecule has 0 saturated carbocycles. The molecule has 0 aliphatic carbocycles. The molecule has 1 heterocycles. The lowest BCUT2D eigenvalue weighted by Crippen LogP contribution is -2.40. The summed E-state index contributed by atoms with van der Waals surface area (Å²) in [4.78, 5) is 24.8. The van der Waals surface area contributed by atoms with Crippen molar-refractivity contribution in [1.82, 2.24) is 4.90 Å². The van der Waals surface area contributed by atoms with E-state index >= 15 is 0 Å². The van der Waals surface area contributed by atoms with E-state index in [-0.39, 0.29) is 18.2 Å². The zero-order chi connectivity index (χ0) is 15.2. The number of carbonyl (C=O) groups is 2. The maximum atomic E-state index is 12.4. The molecule has 1 aromatic rings. The second-order valence-corrected chi connectivity index (χ2v) is 5.38. The molecule has 1 fully saturated rings. The summed E-state index contributed by atoms with van der Waals surface area (Å²) in [5.74, 6) is -0.567. The molecule has 5 heteroatoms. The van der Waals surface area contributed by atoms with Crippen molar-refractivity contribution in [1.29, 1.82) is 5.26 Å². The highest BCUT2D eigenvalue weighted by molar-refractivity contribution is 5.94. The lowest BCUT2D eigenvalue weighted by Gasteiger charge is -2.32. The molecule has 0 aromatic heterocycles. The number of amides is 1. The minimum Gasteiger partial charge on any atom is -0.481 e. The van der Waals surface area contributed by atoms with E-state index in [0.717, 1.165) is 12.8 Å². The Hall–Kier alpha value is -2.35. The lowest BCUT2D eigenvalue weighted by atomic mass is 9.93. The summed E-state index contributed by atoms with van der Waals surface area (Å²) >= 11 is 0. The van der Waals surface area contributed by atoms with E-state index in [1.54, 1.807) is 29.2 Å². The van der Waals surface area contributed by atoms with Gasteiger partial charge in [-0.1, -0.05) is 0 Å². The maximum absolute atomic E-state index is 12.4. The monoisotopic (exact) mass is 286 g/mol. The number of nitrogens with zero attached hydrogens (tertiary/aromatic N) is 2. The highest BCUT2D eigenvalue weighted by Gasteiger charge is 2.24. The average Bonchev–Trinajstić information content (AvgIpc) is 2.52. The number of nitriles is 1. The predicted octanol–water partition coefficient (Wildman–Crippen LogP) is 2.28. The van der Waals surface area contributed by atoms with Gasteiger partial charge in [0, 0.05) is 25.1 Å². The van der Waals surface area contributed by atoms with Crippen LogP contribution in [0.2, 0.25) is 0 Å². The highest BCUT2D eigenvalue weighted by atomic mass is 16.4. The van der Waals surface area contributed by atoms with E-state index in [9.17, 15) is 9.59 Å². The van der Waals surface area contributed by atoms with Crippen LogP contribution in [0, 0.1) is 17.2 Å². The van der Waals surface area contributed by atoms with Crippen molar-refractivity contribution >= 4 is 11.9 Å². The van der Waals surface area contributed by atoms with Gasteiger partial charge in [0.15, 0.2) is 0 Å². The quantitative estimate of drug-likeness (QED) is 0.920. The van der Waals surface area contributed by atoms with Crippen LogP contribution in [0.5, 0.6) is 0 Å². The van der Waals surface area contributed by atoms with Gasteiger partial charge in [-0.15, -0.1) is 0 Å². The Morgan fingerprint density at radius 1 is 1.33 bits per heavy atom. The third-order valence-corrected chi connectivity index (χ3v) is 3.83. The molecule has 1 saturated heterocycles. The van der Waals surface area contributed by atoms with Gasteiger partial charge in [-0.25, -0.2) is 0 Å². The molecule has 1 atom stereocenters. The van der Waals surface area contributed by atoms with Crippen molar-refractivity contribution in [3.63, 3.8) is 0 Å². The van der Waals surface area contributed by atoms with Gasteiger partial charge in [-0.3, -0.25) is 9.59 Å². The molecular weight excluding hydrogens is 268 g/mol. The van der Waals surface area contributed by atoms with Crippen LogP contribution < -0.4 is 0 Å². The fourth-order valence-electron chi connectivity index (χ4n) is 2.68. The van der Waals surface area contributed by atoms with Crippen molar-refractivity contribution in [2.45, 2.75) is 25.7 Å². The first-order valence-corrected chi connectivity index (χ1v) is 7.11. The number of carboxylic acids is 1. The largest absolute Gasteiger partial charge is 0.481 e. The first-order chi connectivity index (χ1) is 10.1. The van der Waals surface area contributed by atoms with E-state index in [1.807, 2.05) is 6.07 Å². The number of hydrogen-bond acceptors (Lipinski definition) is 3. The summed E-state index contributed by atoms with van der Waals surface area (Å²) in [6.07, 6.45) is 2.66. The molecule has 1 aromatic carbocycles. The molecule has 2 rings (SSSR count). The standard InChI is InChI=1S/C16H18N2O3/c17-10-12-3-6-14(7-4-12)16(21)18-9-1-2-13(11-18)5-8-15(19)20/h3-4,6-7,13H,1-2,5,8-9,11H2,(H,19,20). The summed E-state index contributed by atoms with van der Waals surface area (Å²) in [6, 6.07) is 8.64. The van der Waals surface area contributed by atoms with Crippen LogP contribution in [0.1, 0.15) is 41.6 Å². The smallest absolute Gasteiger partial charge is 0.303 e. The normalized spacial score (nSPS) is 18.0. The molecule has 1 aliphatic rings. The predicted molar refractivity (Wildman–Crippen MR) is 76.7 cm³/mol. The molecule has 1 N–H and O–H groups in total. The minimum absolute atomic E-state index is 0.0421. The number of aliphatic carboxylic acids is 1. The Morgan fingerprint density at radius 3 is 2.67 bits per heavy atom. The Labute approximate surface area is 123 Å². The fourth-order valence-corrected chi connectivity index (χ4v) is 2.68. The van der Waals surface area contributed by atoms with Crippen LogP contribution in [0.25, 0.3) is 0 Å². The number of carbonyl (C=O) groups excluding carboxylic acids is 1. The average molecular weight is 286 g/mol. The number of rotatable bonds is 4. The van der Waals surface area contributed by atoms with Gasteiger partial charge in [-0.2, -0.15) is 5.26 Å². The van der Waals surface area contributed by atoms with E-state index in [2.05, 4.69) is 0 Å². The second-order valence-electron chi connectivity index (χ2n) is 5.38. The molecular formula is C16H18N2O3. The Morgan fingerprint density at radius 2 is 2.05 bits per heavy atom. The number of benzene rings is 1. The van der Waals surface area contributed by atoms with Crippen LogP contribution in [0.15, 0.2) is 24.3 Å². The van der Waals surface area contributed by atoms with Gasteiger partial charge >= 0.3 is 5.97 Å². The Balaban J connectivity index is 1.98. The van der Waals surface area contributed by atoms with Crippen LogP contribution in [0.4, 0.5) is 0 Å². The second kappa shape index (κ2) is 6.89. The van der Waals surface area contributed by atoms with E-state index in [1.165, 1.54) is 0 Å². The maximum Gasteiger partial charge on any atom is 0.303 e. The van der Waals surface area contributed by atoms with Crippen LogP contribution >= 0.6 is 0 Å². The van der Waals surface area contributed by atoms with Gasteiger partial charge < -0.3 is 10.0 Å². The topological polar surface area (TPSA) is 81.4 Å². The number of likely N-dealkylation sites (tertiary alicyclic amines) is 1. The molecule has 110 valence electrons. The summed E-state index contributed by atoms with van der Waals surface area (Å²) in [5.41, 5.74) is 1.11. The van der Waals surface area contributed by atoms with Crippen molar-refractivity contribution in [2.75, 3.05) is 13.1 Å². The number of piperidine rings is 1. The van der Waals surface area contributed by atoms with Crippen molar-refractivity contribution < 1.29 is 14.7 Å². The SMILES string of the molecule is N#Cc1ccc(C(=O)N2CCCC(CCC(=O)O)C2)cc1. The zero-order valence-corrected chi connectivity index (χ0v) is 11.8. The number of hydrogen-bond donors (Lipinski definition) is 1. The molecule has 0 bridgehead atoms. The molecule has 21 heavy (non-hydrogen) atoms. The van der Waals surface area contributed by atoms with E-state index in [4.69, 9.17) is 10.4 Å². The Kier molecular flexibility index (Phi) is 4.94. The molecule has 1 unspecified atom stereocenters. The van der Waals surface area contributed by atoms with E-state index < -0.39 is 5.97 Å². The summed E-state index contributed by atoms with van der Waals surface area (Å²) in [7, 11) is 0. The van der Waals surface area contributed by atoms with E-state index in [0.29, 0.717) is 30.6 Å². The summed E-state index contributed by atoms with van der Waals surface area (Å²) in [6.45, 7) is 1.33. The Bertz CT molecular complexity index is 560. The third-order valence-electron chi connectivity index (χ3n) is 3.83.